The van der Waals surface area contributed by atoms with E-state index in [0.29, 0.717) is 123 Å². The molecule has 1 fully saturated rings. The van der Waals surface area contributed by atoms with Gasteiger partial charge in [-0.25, -0.2) is 4.39 Å². The second-order valence-corrected chi connectivity index (χ2v) is 18.5. The Morgan fingerprint density at radius 2 is 1.64 bits per heavy atom. The number of aryl methyl sites for hydroxylation is 2. The summed E-state index contributed by atoms with van der Waals surface area (Å²) in [5, 5.41) is 5.74. The van der Waals surface area contributed by atoms with Crippen LogP contribution in [0.15, 0.2) is 60.2 Å². The molecule has 3 amide bonds. The van der Waals surface area contributed by atoms with Crippen molar-refractivity contribution in [3.8, 4) is 17.2 Å². The predicted molar refractivity (Wildman–Crippen MR) is 266 cm³/mol. The van der Waals surface area contributed by atoms with Gasteiger partial charge in [-0.1, -0.05) is 36.3 Å². The highest BCUT2D eigenvalue weighted by Gasteiger charge is 2.54. The molecule has 3 aliphatic rings. The van der Waals surface area contributed by atoms with Gasteiger partial charge in [0, 0.05) is 75.1 Å². The molecule has 6 rings (SSSR count). The summed E-state index contributed by atoms with van der Waals surface area (Å²) in [7, 11) is 5.12. The van der Waals surface area contributed by atoms with Crippen LogP contribution in [0.3, 0.4) is 0 Å². The van der Waals surface area contributed by atoms with Gasteiger partial charge in [-0.05, 0) is 114 Å². The number of halogens is 3. The number of methoxy groups -OCH3 is 2. The zero-order valence-corrected chi connectivity index (χ0v) is 41.8. The lowest BCUT2D eigenvalue weighted by Gasteiger charge is -2.35. The minimum atomic E-state index is -3.99. The molecule has 1 unspecified atom stereocenters. The SMILES string of the molecule is COc1cc(C(=O)N(CC[C@H]2CCCN2C)C/C(C)=C/c2ccccc2F)cc(OCCOCCOCCNC(=O)CCCCCNC(=O)CCC2=[N+]3C(C=C2)Cc2c(C)cc(C)n2[B-]3(F)F)c1OC. The Kier molecular flexibility index (Phi) is 20.0. The summed E-state index contributed by atoms with van der Waals surface area (Å²) in [4.78, 5) is 43.3. The second kappa shape index (κ2) is 26.0. The molecule has 14 nitrogen and oxygen atoms in total. The van der Waals surface area contributed by atoms with Gasteiger partial charge in [0.15, 0.2) is 11.5 Å². The fourth-order valence-corrected chi connectivity index (χ4v) is 9.78. The van der Waals surface area contributed by atoms with E-state index in [4.69, 9.17) is 23.7 Å². The van der Waals surface area contributed by atoms with Crippen LogP contribution in [0.25, 0.3) is 6.08 Å². The molecule has 2 N–H and O–H groups in total. The van der Waals surface area contributed by atoms with Gasteiger partial charge < -0.3 is 61.7 Å². The molecule has 0 bridgehead atoms. The summed E-state index contributed by atoms with van der Waals surface area (Å²) < 4.78 is 76.9. The van der Waals surface area contributed by atoms with Crippen LogP contribution in [-0.2, 0) is 25.5 Å². The van der Waals surface area contributed by atoms with Crippen LogP contribution in [0.2, 0.25) is 0 Å². The van der Waals surface area contributed by atoms with Crippen LogP contribution in [-0.4, -0.2) is 148 Å². The number of hydrogen-bond donors (Lipinski definition) is 2. The van der Waals surface area contributed by atoms with Gasteiger partial charge in [0.05, 0.1) is 40.6 Å². The minimum Gasteiger partial charge on any atom is -0.493 e. The van der Waals surface area contributed by atoms with Crippen molar-refractivity contribution >= 4 is 36.5 Å². The van der Waals surface area contributed by atoms with Gasteiger partial charge >= 0.3 is 6.97 Å². The average Bonchev–Trinajstić information content (AvgIpc) is 4.04. The number of amides is 3. The third-order valence-corrected chi connectivity index (χ3v) is 13.4. The molecule has 3 aliphatic heterocycles. The van der Waals surface area contributed by atoms with Gasteiger partial charge in [-0.3, -0.25) is 14.4 Å². The number of nitrogens with one attached hydrogen (secondary N) is 2. The van der Waals surface area contributed by atoms with Crippen molar-refractivity contribution in [3.63, 3.8) is 0 Å². The number of hydrogen-bond acceptors (Lipinski definition) is 9. The Morgan fingerprint density at radius 3 is 2.39 bits per heavy atom. The van der Waals surface area contributed by atoms with Crippen LogP contribution in [0.4, 0.5) is 13.0 Å². The average molecular weight is 977 g/mol. The minimum absolute atomic E-state index is 0.0800. The number of unbranched alkanes of at least 4 members (excludes halogenated alkanes) is 2. The van der Waals surface area contributed by atoms with Gasteiger partial charge in [-0.2, -0.15) is 0 Å². The molecule has 3 aromatic rings. The zero-order chi connectivity index (χ0) is 50.2. The van der Waals surface area contributed by atoms with Crippen LogP contribution < -0.4 is 24.8 Å². The van der Waals surface area contributed by atoms with E-state index in [0.717, 1.165) is 43.4 Å². The molecule has 0 aliphatic carbocycles. The Balaban J connectivity index is 0.836. The van der Waals surface area contributed by atoms with Gasteiger partial charge in [0.2, 0.25) is 17.6 Å². The van der Waals surface area contributed by atoms with Crippen molar-refractivity contribution in [1.82, 2.24) is 24.9 Å². The lowest BCUT2D eigenvalue weighted by molar-refractivity contribution is -0.457. The molecular weight excluding hydrogens is 904 g/mol. The molecule has 382 valence electrons. The van der Waals surface area contributed by atoms with Crippen molar-refractivity contribution in [1.29, 1.82) is 0 Å². The number of likely N-dealkylation sites (tertiary alicyclic amines) is 1. The fraction of sp³-hybridized carbons (Fsp3) is 0.538. The summed E-state index contributed by atoms with van der Waals surface area (Å²) >= 11 is 0. The van der Waals surface area contributed by atoms with E-state index in [2.05, 4.69) is 22.6 Å². The maximum Gasteiger partial charge on any atom is 0.732 e. The first-order chi connectivity index (χ1) is 33.7. The van der Waals surface area contributed by atoms with Crippen molar-refractivity contribution in [2.75, 3.05) is 87.0 Å². The fourth-order valence-electron chi connectivity index (χ4n) is 9.78. The standard InChI is InChI=1S/C52H72BF3N6O8/c1-37(31-40-13-9-10-15-45(40)54)36-60(25-21-42-14-12-24-59(42)4)52(65)41-33-47(66-5)51(67-6)48(34-41)70-30-29-69-28-27-68-26-23-58-49(63)16-8-7-11-22-57-50(64)20-19-43-17-18-44-35-46-38(2)32-39(3)61(46)53(55,56)62(43)44/h9-10,13,15,17-18,31-34,42,44H,7-8,11-12,14,16,19-30,35-36H2,1-6H3,(H,57,64)(H,58,63)/b37-31+/t42-,44?/m1/s1. The molecule has 18 heteroatoms. The monoisotopic (exact) mass is 977 g/mol. The molecule has 1 aromatic heterocycles. The first-order valence-electron chi connectivity index (χ1n) is 24.7. The van der Waals surface area contributed by atoms with Crippen LogP contribution in [0, 0.1) is 19.7 Å². The van der Waals surface area contributed by atoms with E-state index < -0.39 is 13.0 Å². The van der Waals surface area contributed by atoms with Crippen molar-refractivity contribution in [2.45, 2.75) is 97.1 Å². The van der Waals surface area contributed by atoms with E-state index in [1.54, 1.807) is 54.3 Å². The topological polar surface area (TPSA) is 136 Å². The van der Waals surface area contributed by atoms with E-state index in [-0.39, 0.29) is 49.6 Å². The maximum atomic E-state index is 15.7. The van der Waals surface area contributed by atoms with E-state index in [9.17, 15) is 18.8 Å². The number of fused-ring (bicyclic) bond motifs is 2. The number of carbonyl (C=O) groups is 3. The maximum absolute atomic E-state index is 15.7. The number of nitrogens with zero attached hydrogens (tertiary/aromatic N) is 4. The normalized spacial score (nSPS) is 17.4. The molecule has 2 atom stereocenters. The molecule has 70 heavy (non-hydrogen) atoms. The molecule has 2 aromatic carbocycles. The lowest BCUT2D eigenvalue weighted by Crippen LogP contribution is -2.57. The first kappa shape index (κ1) is 53.8. The van der Waals surface area contributed by atoms with Crippen molar-refractivity contribution in [2.24, 2.45) is 0 Å². The smallest absolute Gasteiger partial charge is 0.493 e. The molecule has 0 radical (unpaired) electrons. The summed E-state index contributed by atoms with van der Waals surface area (Å²) in [6.45, 7) is 5.52. The Labute approximate surface area is 411 Å². The number of allylic oxidation sites excluding steroid dienone is 1. The van der Waals surface area contributed by atoms with Crippen molar-refractivity contribution < 1.29 is 55.6 Å². The lowest BCUT2D eigenvalue weighted by atomic mass is 9.86. The summed E-state index contributed by atoms with van der Waals surface area (Å²) in [5.41, 5.74) is 4.29. The van der Waals surface area contributed by atoms with E-state index in [1.165, 1.54) is 29.3 Å². The van der Waals surface area contributed by atoms with Crippen LogP contribution in [0.5, 0.6) is 17.2 Å². The third-order valence-electron chi connectivity index (χ3n) is 13.4. The number of aromatic nitrogens is 1. The largest absolute Gasteiger partial charge is 0.732 e. The highest BCUT2D eigenvalue weighted by molar-refractivity contribution is 6.57. The van der Waals surface area contributed by atoms with Crippen LogP contribution in [0.1, 0.15) is 97.6 Å². The van der Waals surface area contributed by atoms with E-state index >= 15 is 8.63 Å². The zero-order valence-electron chi connectivity index (χ0n) is 41.8. The first-order valence-corrected chi connectivity index (χ1v) is 24.7. The predicted octanol–water partition coefficient (Wildman–Crippen LogP) is 7.15. The quantitative estimate of drug-likeness (QED) is 0.0575. The summed E-state index contributed by atoms with van der Waals surface area (Å²) in [5.74, 6) is 0.244. The Bertz CT molecular complexity index is 2370. The number of ether oxygens (including phenoxy) is 5. The van der Waals surface area contributed by atoms with E-state index in [1.807, 2.05) is 26.0 Å². The Morgan fingerprint density at radius 1 is 0.914 bits per heavy atom. The highest BCUT2D eigenvalue weighted by atomic mass is 19.2. The second-order valence-electron chi connectivity index (χ2n) is 18.5. The number of benzene rings is 2. The number of rotatable bonds is 28. The summed E-state index contributed by atoms with van der Waals surface area (Å²) in [6.07, 6.45) is 11.7. The molecule has 0 spiro atoms. The third kappa shape index (κ3) is 14.3. The van der Waals surface area contributed by atoms with Gasteiger partial charge in [0.25, 0.3) is 5.91 Å². The van der Waals surface area contributed by atoms with Crippen molar-refractivity contribution in [3.05, 3.63) is 94.1 Å². The Hall–Kier alpha value is -5.59. The number of carbonyl (C=O) groups excluding carboxylic acids is 3. The van der Waals surface area contributed by atoms with Gasteiger partial charge in [0.1, 0.15) is 24.2 Å². The molecule has 0 saturated carbocycles. The molecular formula is C52H72BF3N6O8. The molecule has 1 saturated heterocycles. The van der Waals surface area contributed by atoms with Crippen LogP contribution >= 0.6 is 0 Å². The molecule has 4 heterocycles. The summed E-state index contributed by atoms with van der Waals surface area (Å²) in [6, 6.07) is 11.7. The van der Waals surface area contributed by atoms with Gasteiger partial charge in [-0.15, -0.1) is 0 Å². The highest BCUT2D eigenvalue weighted by Crippen LogP contribution is 2.39.